The molecule has 4 aromatic rings. The predicted molar refractivity (Wildman–Crippen MR) is 112 cm³/mol. The summed E-state index contributed by atoms with van der Waals surface area (Å²) in [6.07, 6.45) is 5.40. The van der Waals surface area contributed by atoms with Crippen molar-refractivity contribution in [1.82, 2.24) is 39.6 Å². The van der Waals surface area contributed by atoms with E-state index in [-0.39, 0.29) is 17.9 Å². The van der Waals surface area contributed by atoms with Gasteiger partial charge < -0.3 is 16.3 Å². The molecule has 1 amide bonds. The number of hydrogen-bond acceptors (Lipinski definition) is 9. The van der Waals surface area contributed by atoms with Gasteiger partial charge in [-0.15, -0.1) is 0 Å². The Bertz CT molecular complexity index is 1370. The molecule has 0 radical (unpaired) electrons. The Morgan fingerprint density at radius 2 is 2.22 bits per heavy atom. The monoisotopic (exact) mass is 433 g/mol. The summed E-state index contributed by atoms with van der Waals surface area (Å²) in [4.78, 5) is 21.4. The van der Waals surface area contributed by atoms with Crippen LogP contribution in [0.5, 0.6) is 0 Å². The number of carbonyl (C=O) groups excluding carboxylic acids is 1. The van der Waals surface area contributed by atoms with Gasteiger partial charge in [0.2, 0.25) is 0 Å². The number of nitrogens with zero attached hydrogens (tertiary/aromatic N) is 8. The van der Waals surface area contributed by atoms with Gasteiger partial charge in [-0.3, -0.25) is 14.6 Å². The van der Waals surface area contributed by atoms with Crippen molar-refractivity contribution in [3.05, 3.63) is 36.4 Å². The normalized spacial score (nSPS) is 15.5. The number of nitrogen functional groups attached to an aromatic ring is 1. The maximum absolute atomic E-state index is 11.4. The topological polar surface area (TPSA) is 182 Å². The lowest BCUT2D eigenvalue weighted by Crippen LogP contribution is -2.62. The van der Waals surface area contributed by atoms with E-state index in [4.69, 9.17) is 21.3 Å². The van der Waals surface area contributed by atoms with E-state index in [0.717, 1.165) is 5.52 Å². The van der Waals surface area contributed by atoms with Crippen LogP contribution >= 0.6 is 0 Å². The van der Waals surface area contributed by atoms with Crippen LogP contribution in [0.2, 0.25) is 0 Å². The van der Waals surface area contributed by atoms with Gasteiger partial charge in [0.1, 0.15) is 22.6 Å². The summed E-state index contributed by atoms with van der Waals surface area (Å²) < 4.78 is 3.37. The number of anilines is 1. The number of H-pyrrole nitrogens is 1. The van der Waals surface area contributed by atoms with Crippen molar-refractivity contribution in [2.24, 2.45) is 5.73 Å². The molecule has 1 fully saturated rings. The van der Waals surface area contributed by atoms with Crippen LogP contribution < -0.4 is 11.5 Å². The first kappa shape index (κ1) is 19.7. The summed E-state index contributed by atoms with van der Waals surface area (Å²) in [6, 6.07) is 5.56. The van der Waals surface area contributed by atoms with Gasteiger partial charge in [-0.2, -0.15) is 25.6 Å². The Morgan fingerprint density at radius 3 is 2.91 bits per heavy atom. The SMILES string of the molecule is CON1CC(CC#N)(n2cc(-c3nc(-c4cc(C(N)=O)n[nH]4)cn4nccc34)c(N)n2)C1. The molecule has 0 spiro atoms. The predicted octanol–water partition coefficient (Wildman–Crippen LogP) is 0.150. The standard InChI is InChI=1S/C19H19N11O2/c1-32-28-9-19(10-28,3-4-20)30-7-11(17(21)27-30)16-15-2-5-23-29(15)8-14(24-16)12-6-13(18(22)31)26-25-12/h2,5-8H,3,9-10H2,1H3,(H2,21,27)(H2,22,31)(H,25,26). The molecule has 5 heterocycles. The number of carbonyl (C=O) groups is 1. The van der Waals surface area contributed by atoms with E-state index in [1.807, 2.05) is 6.07 Å². The summed E-state index contributed by atoms with van der Waals surface area (Å²) in [5.74, 6) is -0.375. The molecule has 1 aliphatic heterocycles. The van der Waals surface area contributed by atoms with Crippen LogP contribution in [0.3, 0.4) is 0 Å². The highest BCUT2D eigenvalue weighted by molar-refractivity contribution is 5.92. The summed E-state index contributed by atoms with van der Waals surface area (Å²) >= 11 is 0. The number of hydrogen-bond donors (Lipinski definition) is 3. The Balaban J connectivity index is 1.61. The van der Waals surface area contributed by atoms with E-state index in [2.05, 4.69) is 26.5 Å². The van der Waals surface area contributed by atoms with Crippen molar-refractivity contribution in [2.45, 2.75) is 12.0 Å². The quantitative estimate of drug-likeness (QED) is 0.381. The smallest absolute Gasteiger partial charge is 0.269 e. The first-order valence-electron chi connectivity index (χ1n) is 9.66. The zero-order valence-corrected chi connectivity index (χ0v) is 17.1. The molecular weight excluding hydrogens is 414 g/mol. The van der Waals surface area contributed by atoms with Gasteiger partial charge in [0.25, 0.3) is 5.91 Å². The van der Waals surface area contributed by atoms with Gasteiger partial charge in [-0.1, -0.05) is 0 Å². The number of amides is 1. The third-order valence-electron chi connectivity index (χ3n) is 5.59. The molecule has 162 valence electrons. The molecule has 5 N–H and O–H groups in total. The summed E-state index contributed by atoms with van der Waals surface area (Å²) in [5, 5.41) is 26.6. The molecule has 32 heavy (non-hydrogen) atoms. The fourth-order valence-corrected chi connectivity index (χ4v) is 3.87. The summed E-state index contributed by atoms with van der Waals surface area (Å²) in [6.45, 7) is 1.02. The van der Waals surface area contributed by atoms with E-state index < -0.39 is 11.4 Å². The number of hydroxylamine groups is 2. The van der Waals surface area contributed by atoms with Crippen molar-refractivity contribution >= 4 is 17.2 Å². The van der Waals surface area contributed by atoms with E-state index >= 15 is 0 Å². The molecule has 0 aliphatic carbocycles. The van der Waals surface area contributed by atoms with Crippen LogP contribution in [-0.4, -0.2) is 65.7 Å². The average Bonchev–Trinajstić information content (AvgIpc) is 3.48. The van der Waals surface area contributed by atoms with Gasteiger partial charge in [0, 0.05) is 6.20 Å². The Kier molecular flexibility index (Phi) is 4.40. The van der Waals surface area contributed by atoms with E-state index in [0.29, 0.717) is 35.7 Å². The lowest BCUT2D eigenvalue weighted by atomic mass is 9.89. The average molecular weight is 433 g/mol. The van der Waals surface area contributed by atoms with Gasteiger partial charge >= 0.3 is 0 Å². The molecule has 0 saturated carbocycles. The maximum Gasteiger partial charge on any atom is 0.269 e. The van der Waals surface area contributed by atoms with Crippen molar-refractivity contribution in [1.29, 1.82) is 5.26 Å². The van der Waals surface area contributed by atoms with Gasteiger partial charge in [0.05, 0.1) is 61.9 Å². The number of aromatic amines is 1. The van der Waals surface area contributed by atoms with Crippen LogP contribution in [0.4, 0.5) is 5.82 Å². The molecule has 0 bridgehead atoms. The number of fused-ring (bicyclic) bond motifs is 1. The Morgan fingerprint density at radius 1 is 1.41 bits per heavy atom. The zero-order chi connectivity index (χ0) is 22.5. The fourth-order valence-electron chi connectivity index (χ4n) is 3.87. The molecule has 0 unspecified atom stereocenters. The second-order valence-corrected chi connectivity index (χ2v) is 7.58. The van der Waals surface area contributed by atoms with Crippen LogP contribution in [0.15, 0.2) is 30.7 Å². The molecule has 0 atom stereocenters. The van der Waals surface area contributed by atoms with Gasteiger partial charge in [-0.25, -0.2) is 9.50 Å². The minimum atomic E-state index is -0.646. The van der Waals surface area contributed by atoms with Gasteiger partial charge in [-0.05, 0) is 12.1 Å². The van der Waals surface area contributed by atoms with Crippen molar-refractivity contribution in [3.8, 4) is 28.7 Å². The highest BCUT2D eigenvalue weighted by Gasteiger charge is 2.46. The lowest BCUT2D eigenvalue weighted by Gasteiger charge is -2.47. The third-order valence-corrected chi connectivity index (χ3v) is 5.59. The molecule has 0 aromatic carbocycles. The second kappa shape index (κ2) is 7.15. The highest BCUT2D eigenvalue weighted by Crippen LogP contribution is 2.36. The van der Waals surface area contributed by atoms with Crippen LogP contribution in [-0.2, 0) is 10.4 Å². The Hall–Kier alpha value is -4.28. The number of primary amides is 1. The number of rotatable bonds is 6. The first-order valence-corrected chi connectivity index (χ1v) is 9.66. The van der Waals surface area contributed by atoms with Crippen molar-refractivity contribution in [3.63, 3.8) is 0 Å². The fraction of sp³-hybridized carbons (Fsp3) is 0.263. The highest BCUT2D eigenvalue weighted by atomic mass is 16.7. The summed E-state index contributed by atoms with van der Waals surface area (Å²) in [5.41, 5.74) is 14.0. The maximum atomic E-state index is 11.4. The molecule has 4 aromatic heterocycles. The molecule has 1 saturated heterocycles. The molecule has 1 aliphatic rings. The molecule has 13 nitrogen and oxygen atoms in total. The van der Waals surface area contributed by atoms with Crippen LogP contribution in [0.1, 0.15) is 16.9 Å². The molecule has 13 heteroatoms. The number of aromatic nitrogens is 7. The van der Waals surface area contributed by atoms with Crippen LogP contribution in [0.25, 0.3) is 28.2 Å². The van der Waals surface area contributed by atoms with Crippen molar-refractivity contribution < 1.29 is 9.63 Å². The largest absolute Gasteiger partial charge is 0.382 e. The van der Waals surface area contributed by atoms with E-state index in [1.54, 1.807) is 40.0 Å². The number of nitrogens with two attached hydrogens (primary N) is 2. The zero-order valence-electron chi connectivity index (χ0n) is 17.1. The number of nitriles is 1. The van der Waals surface area contributed by atoms with Crippen molar-refractivity contribution in [2.75, 3.05) is 25.9 Å². The van der Waals surface area contributed by atoms with Crippen LogP contribution in [0, 0.1) is 11.3 Å². The van der Waals surface area contributed by atoms with E-state index in [1.165, 1.54) is 6.07 Å². The Labute approximate surface area is 181 Å². The van der Waals surface area contributed by atoms with E-state index in [9.17, 15) is 10.1 Å². The minimum absolute atomic E-state index is 0.0994. The second-order valence-electron chi connectivity index (χ2n) is 7.58. The van der Waals surface area contributed by atoms with Gasteiger partial charge in [0.15, 0.2) is 5.82 Å². The summed E-state index contributed by atoms with van der Waals surface area (Å²) in [7, 11) is 1.59. The number of nitrogens with one attached hydrogen (secondary N) is 1. The molecule has 5 rings (SSSR count). The third kappa shape index (κ3) is 2.97. The lowest BCUT2D eigenvalue weighted by molar-refractivity contribution is -0.226. The minimum Gasteiger partial charge on any atom is -0.382 e. The molecular formula is C19H19N11O2. The first-order chi connectivity index (χ1) is 15.4.